The number of hydrogen-bond acceptors (Lipinski definition) is 4. The van der Waals surface area contributed by atoms with E-state index in [1.54, 1.807) is 0 Å². The molecule has 1 heterocycles. The first-order valence-electron chi connectivity index (χ1n) is 10.1. The van der Waals surface area contributed by atoms with E-state index in [2.05, 4.69) is 32.1 Å². The molecule has 0 aromatic heterocycles. The van der Waals surface area contributed by atoms with Crippen LogP contribution in [0.25, 0.3) is 0 Å². The van der Waals surface area contributed by atoms with Gasteiger partial charge >= 0.3 is 5.97 Å². The Morgan fingerprint density at radius 3 is 2.69 bits per heavy atom. The lowest BCUT2D eigenvalue weighted by molar-refractivity contribution is -0.282. The van der Waals surface area contributed by atoms with Crippen molar-refractivity contribution >= 4 is 5.97 Å². The van der Waals surface area contributed by atoms with E-state index in [9.17, 15) is 9.90 Å². The maximum Gasteiger partial charge on any atom is 0.303 e. The second-order valence-electron chi connectivity index (χ2n) is 7.24. The van der Waals surface area contributed by atoms with Crippen LogP contribution in [0.4, 0.5) is 0 Å². The largest absolute Gasteiger partial charge is 0.481 e. The summed E-state index contributed by atoms with van der Waals surface area (Å²) in [7, 11) is 0. The summed E-state index contributed by atoms with van der Waals surface area (Å²) in [4.78, 5) is 21.0. The molecule has 5 nitrogen and oxygen atoms in total. The van der Waals surface area contributed by atoms with Gasteiger partial charge in [-0.25, -0.2) is 9.78 Å². The Bertz CT molecular complexity index is 426. The van der Waals surface area contributed by atoms with Crippen LogP contribution in [0.3, 0.4) is 0 Å². The van der Waals surface area contributed by atoms with Crippen molar-refractivity contribution in [2.75, 3.05) is 6.61 Å². The lowest BCUT2D eigenvalue weighted by atomic mass is 9.84. The predicted molar refractivity (Wildman–Crippen MR) is 103 cm³/mol. The average molecular weight is 369 g/mol. The summed E-state index contributed by atoms with van der Waals surface area (Å²) in [5, 5.41) is 18.8. The smallest absolute Gasteiger partial charge is 0.303 e. The summed E-state index contributed by atoms with van der Waals surface area (Å²) in [5.41, 5.74) is 0. The molecule has 0 spiro atoms. The van der Waals surface area contributed by atoms with Gasteiger partial charge in [0.15, 0.2) is 0 Å². The van der Waals surface area contributed by atoms with Gasteiger partial charge in [0.05, 0.1) is 12.7 Å². The molecule has 0 bridgehead atoms. The number of carboxylic acids is 1. The first-order chi connectivity index (χ1) is 12.5. The highest BCUT2D eigenvalue weighted by molar-refractivity contribution is 5.66. The van der Waals surface area contributed by atoms with Gasteiger partial charge in [-0.1, -0.05) is 57.4 Å². The van der Waals surface area contributed by atoms with Crippen LogP contribution in [0, 0.1) is 11.8 Å². The molecule has 1 aliphatic heterocycles. The van der Waals surface area contributed by atoms with Gasteiger partial charge in [0.1, 0.15) is 6.10 Å². The molecule has 1 saturated heterocycles. The Balaban J connectivity index is 2.48. The Morgan fingerprint density at radius 1 is 1.23 bits per heavy atom. The zero-order valence-corrected chi connectivity index (χ0v) is 16.3. The third kappa shape index (κ3) is 10.1. The molecule has 1 rings (SSSR count). The van der Waals surface area contributed by atoms with Crippen molar-refractivity contribution in [3.05, 3.63) is 24.3 Å². The molecule has 1 fully saturated rings. The van der Waals surface area contributed by atoms with Gasteiger partial charge in [0.25, 0.3) is 0 Å². The van der Waals surface area contributed by atoms with Crippen molar-refractivity contribution in [1.82, 2.24) is 0 Å². The molecule has 3 unspecified atom stereocenters. The van der Waals surface area contributed by atoms with Crippen molar-refractivity contribution in [3.63, 3.8) is 0 Å². The summed E-state index contributed by atoms with van der Waals surface area (Å²) < 4.78 is 0. The van der Waals surface area contributed by atoms with Gasteiger partial charge in [0, 0.05) is 18.8 Å². The fraction of sp³-hybridized carbons (Fsp3) is 0.762. The Kier molecular flexibility index (Phi) is 12.3. The SMILES string of the molecule is CCCCC[C@H](O)/C=C/C(C(C)C/C=C\CCCC(=O)O)C1CCOO1. The minimum Gasteiger partial charge on any atom is -0.481 e. The van der Waals surface area contributed by atoms with Crippen LogP contribution in [0.5, 0.6) is 0 Å². The van der Waals surface area contributed by atoms with E-state index in [0.29, 0.717) is 18.9 Å². The van der Waals surface area contributed by atoms with E-state index in [4.69, 9.17) is 14.9 Å². The Morgan fingerprint density at radius 2 is 2.04 bits per heavy atom. The van der Waals surface area contributed by atoms with E-state index in [1.165, 1.54) is 0 Å². The predicted octanol–water partition coefficient (Wildman–Crippen LogP) is 4.66. The van der Waals surface area contributed by atoms with E-state index >= 15 is 0 Å². The van der Waals surface area contributed by atoms with Crippen LogP contribution < -0.4 is 0 Å². The topological polar surface area (TPSA) is 76.0 Å². The van der Waals surface area contributed by atoms with Crippen LogP contribution in [0.1, 0.15) is 71.6 Å². The molecule has 4 atom stereocenters. The highest BCUT2D eigenvalue weighted by Crippen LogP contribution is 2.29. The third-order valence-corrected chi connectivity index (χ3v) is 4.86. The van der Waals surface area contributed by atoms with E-state index in [0.717, 1.165) is 44.9 Å². The van der Waals surface area contributed by atoms with Gasteiger partial charge < -0.3 is 10.2 Å². The molecule has 0 aromatic rings. The highest BCUT2D eigenvalue weighted by Gasteiger charge is 2.29. The second-order valence-corrected chi connectivity index (χ2v) is 7.24. The van der Waals surface area contributed by atoms with Gasteiger partial charge in [-0.15, -0.1) is 0 Å². The Hall–Kier alpha value is -1.17. The molecule has 5 heteroatoms. The van der Waals surface area contributed by atoms with E-state index in [1.807, 2.05) is 6.08 Å². The number of carbonyl (C=O) groups is 1. The van der Waals surface area contributed by atoms with Crippen LogP contribution in [0.15, 0.2) is 24.3 Å². The molecule has 0 saturated carbocycles. The molecular weight excluding hydrogens is 332 g/mol. The zero-order chi connectivity index (χ0) is 19.2. The number of carboxylic acid groups (broad SMARTS) is 1. The molecule has 0 amide bonds. The summed E-state index contributed by atoms with van der Waals surface area (Å²) in [6.07, 6.45) is 15.4. The molecule has 0 radical (unpaired) electrons. The minimum atomic E-state index is -0.743. The van der Waals surface area contributed by atoms with Crippen molar-refractivity contribution in [2.45, 2.75) is 83.8 Å². The van der Waals surface area contributed by atoms with Crippen molar-refractivity contribution in [1.29, 1.82) is 0 Å². The van der Waals surface area contributed by atoms with Crippen molar-refractivity contribution in [3.8, 4) is 0 Å². The van der Waals surface area contributed by atoms with E-state index < -0.39 is 12.1 Å². The van der Waals surface area contributed by atoms with Gasteiger partial charge in [-0.05, 0) is 31.6 Å². The zero-order valence-electron chi connectivity index (χ0n) is 16.3. The standard InChI is InChI=1S/C21H36O5/c1-3-4-7-11-18(22)13-14-19(20-15-16-25-26-20)17(2)10-8-5-6-9-12-21(23)24/h5,8,13-14,17-20,22H,3-4,6-7,9-12,15-16H2,1-2H3,(H,23,24)/b8-5-,14-13+/t17?,18-,19?,20?/m0/s1. The summed E-state index contributed by atoms with van der Waals surface area (Å²) in [6.45, 7) is 4.96. The maximum absolute atomic E-state index is 10.5. The fourth-order valence-corrected chi connectivity index (χ4v) is 3.20. The number of aliphatic carboxylic acids is 1. The van der Waals surface area contributed by atoms with Gasteiger partial charge in [-0.2, -0.15) is 0 Å². The fourth-order valence-electron chi connectivity index (χ4n) is 3.20. The molecule has 0 aromatic carbocycles. The normalized spacial score (nSPS) is 21.4. The first-order valence-corrected chi connectivity index (χ1v) is 10.1. The van der Waals surface area contributed by atoms with Crippen LogP contribution in [-0.2, 0) is 14.6 Å². The van der Waals surface area contributed by atoms with Gasteiger partial charge in [-0.3, -0.25) is 4.79 Å². The van der Waals surface area contributed by atoms with Crippen molar-refractivity contribution < 1.29 is 24.8 Å². The molecular formula is C21H36O5. The number of allylic oxidation sites excluding steroid dienone is 2. The molecule has 26 heavy (non-hydrogen) atoms. The molecule has 2 N–H and O–H groups in total. The highest BCUT2D eigenvalue weighted by atomic mass is 17.2. The lowest BCUT2D eigenvalue weighted by Crippen LogP contribution is -2.24. The number of rotatable bonds is 14. The second kappa shape index (κ2) is 14.0. The minimum absolute atomic E-state index is 0.0319. The number of aliphatic hydroxyl groups excluding tert-OH is 1. The van der Waals surface area contributed by atoms with E-state index in [-0.39, 0.29) is 18.4 Å². The number of unbranched alkanes of at least 4 members (excludes halogenated alkanes) is 3. The monoisotopic (exact) mass is 368 g/mol. The van der Waals surface area contributed by atoms with Crippen LogP contribution in [-0.4, -0.2) is 35.0 Å². The quantitative estimate of drug-likeness (QED) is 0.265. The summed E-state index contributed by atoms with van der Waals surface area (Å²) in [6, 6.07) is 0. The molecule has 0 aliphatic carbocycles. The average Bonchev–Trinajstić information content (AvgIpc) is 3.12. The number of aliphatic hydroxyl groups is 1. The summed E-state index contributed by atoms with van der Waals surface area (Å²) in [5.74, 6) is -0.189. The van der Waals surface area contributed by atoms with Crippen molar-refractivity contribution in [2.24, 2.45) is 11.8 Å². The Labute approximate surface area is 158 Å². The molecule has 150 valence electrons. The third-order valence-electron chi connectivity index (χ3n) is 4.86. The van der Waals surface area contributed by atoms with Gasteiger partial charge in [0.2, 0.25) is 0 Å². The molecule has 1 aliphatic rings. The number of hydrogen-bond donors (Lipinski definition) is 2. The summed E-state index contributed by atoms with van der Waals surface area (Å²) >= 11 is 0. The maximum atomic E-state index is 10.5. The lowest BCUT2D eigenvalue weighted by Gasteiger charge is -2.24. The first kappa shape index (κ1) is 22.9. The van der Waals surface area contributed by atoms with Crippen LogP contribution in [0.2, 0.25) is 0 Å². The van der Waals surface area contributed by atoms with Crippen LogP contribution >= 0.6 is 0 Å².